The second-order valence-electron chi connectivity index (χ2n) is 5.34. The number of hydrogen-bond donors (Lipinski definition) is 1. The lowest BCUT2D eigenvalue weighted by atomic mass is 10.1. The fraction of sp³-hybridized carbons (Fsp3) is 0.667. The number of hydrogen-bond acceptors (Lipinski definition) is 4. The van der Waals surface area contributed by atoms with E-state index < -0.39 is 0 Å². The molecule has 1 N–H and O–H groups in total. The maximum absolute atomic E-state index is 5.78. The Morgan fingerprint density at radius 1 is 1.37 bits per heavy atom. The highest BCUT2D eigenvalue weighted by Crippen LogP contribution is 2.14. The summed E-state index contributed by atoms with van der Waals surface area (Å²) in [6.07, 6.45) is 4.11. The van der Waals surface area contributed by atoms with Gasteiger partial charge >= 0.3 is 0 Å². The summed E-state index contributed by atoms with van der Waals surface area (Å²) in [6.45, 7) is 3.63. The molecule has 1 atom stereocenters. The molecule has 1 aromatic heterocycles. The summed E-state index contributed by atoms with van der Waals surface area (Å²) in [6, 6.07) is 6.24. The van der Waals surface area contributed by atoms with Crippen molar-refractivity contribution in [3.8, 4) is 0 Å². The largest absolute Gasteiger partial charge is 0.377 e. The first-order valence-electron chi connectivity index (χ1n) is 7.17. The number of ether oxygens (including phenoxy) is 1. The van der Waals surface area contributed by atoms with Crippen molar-refractivity contribution in [1.82, 2.24) is 15.2 Å². The molecule has 1 saturated heterocycles. The summed E-state index contributed by atoms with van der Waals surface area (Å²) in [5.74, 6) is 0. The highest BCUT2D eigenvalue weighted by Gasteiger charge is 2.16. The molecule has 4 heteroatoms. The summed E-state index contributed by atoms with van der Waals surface area (Å²) >= 11 is 0. The van der Waals surface area contributed by atoms with E-state index in [4.69, 9.17) is 4.74 Å². The average Bonchev–Trinajstić information content (AvgIpc) is 2.40. The van der Waals surface area contributed by atoms with E-state index in [-0.39, 0.29) is 0 Å². The van der Waals surface area contributed by atoms with E-state index in [1.54, 1.807) is 0 Å². The van der Waals surface area contributed by atoms with E-state index in [1.165, 1.54) is 19.3 Å². The van der Waals surface area contributed by atoms with Gasteiger partial charge in [0.25, 0.3) is 0 Å². The van der Waals surface area contributed by atoms with Gasteiger partial charge in [0, 0.05) is 26.2 Å². The molecule has 19 heavy (non-hydrogen) atoms. The van der Waals surface area contributed by atoms with Crippen molar-refractivity contribution in [1.29, 1.82) is 0 Å². The molecule has 0 amide bonds. The zero-order valence-corrected chi connectivity index (χ0v) is 12.1. The zero-order valence-electron chi connectivity index (χ0n) is 12.1. The molecule has 0 aromatic carbocycles. The molecule has 0 saturated carbocycles. The number of likely N-dealkylation sites (N-methyl/N-ethyl adjacent to an activating group) is 1. The highest BCUT2D eigenvalue weighted by atomic mass is 16.5. The Kier molecular flexibility index (Phi) is 5.76. The number of aromatic nitrogens is 1. The molecule has 0 spiro atoms. The summed E-state index contributed by atoms with van der Waals surface area (Å²) in [4.78, 5) is 6.96. The monoisotopic (exact) mass is 263 g/mol. The Labute approximate surface area is 116 Å². The first-order valence-corrected chi connectivity index (χ1v) is 7.17. The minimum absolute atomic E-state index is 0.402. The Balaban J connectivity index is 1.83. The Morgan fingerprint density at radius 2 is 2.21 bits per heavy atom. The highest BCUT2D eigenvalue weighted by molar-refractivity contribution is 5.11. The van der Waals surface area contributed by atoms with Crippen LogP contribution in [0.5, 0.6) is 0 Å². The fourth-order valence-electron chi connectivity index (χ4n) is 2.54. The van der Waals surface area contributed by atoms with Crippen LogP contribution in [0.3, 0.4) is 0 Å². The Morgan fingerprint density at radius 3 is 2.95 bits per heavy atom. The van der Waals surface area contributed by atoms with Gasteiger partial charge in [0.2, 0.25) is 0 Å². The molecular weight excluding hydrogens is 238 g/mol. The molecule has 4 nitrogen and oxygen atoms in total. The van der Waals surface area contributed by atoms with Gasteiger partial charge in [-0.05, 0) is 45.5 Å². The van der Waals surface area contributed by atoms with Crippen molar-refractivity contribution >= 4 is 0 Å². The third kappa shape index (κ3) is 4.90. The van der Waals surface area contributed by atoms with Crippen LogP contribution in [0.4, 0.5) is 0 Å². The molecule has 0 radical (unpaired) electrons. The third-order valence-corrected chi connectivity index (χ3v) is 3.44. The SMILES string of the molecule is CNCc1cccc(CN(C)CC2CCCCO2)n1. The summed E-state index contributed by atoms with van der Waals surface area (Å²) < 4.78 is 5.78. The fourth-order valence-corrected chi connectivity index (χ4v) is 2.54. The molecule has 1 fully saturated rings. The molecule has 0 bridgehead atoms. The van der Waals surface area contributed by atoms with Crippen LogP contribution in [0, 0.1) is 0 Å². The number of rotatable bonds is 6. The van der Waals surface area contributed by atoms with E-state index in [1.807, 2.05) is 7.05 Å². The number of nitrogens with one attached hydrogen (secondary N) is 1. The maximum Gasteiger partial charge on any atom is 0.0702 e. The predicted molar refractivity (Wildman–Crippen MR) is 76.9 cm³/mol. The van der Waals surface area contributed by atoms with Crippen LogP contribution in [-0.2, 0) is 17.8 Å². The minimum Gasteiger partial charge on any atom is -0.377 e. The van der Waals surface area contributed by atoms with Gasteiger partial charge in [0.05, 0.1) is 17.5 Å². The van der Waals surface area contributed by atoms with Crippen LogP contribution in [-0.4, -0.2) is 43.2 Å². The van der Waals surface area contributed by atoms with Crippen LogP contribution < -0.4 is 5.32 Å². The van der Waals surface area contributed by atoms with Crippen LogP contribution in [0.15, 0.2) is 18.2 Å². The molecule has 1 aliphatic heterocycles. The van der Waals surface area contributed by atoms with Crippen LogP contribution >= 0.6 is 0 Å². The lowest BCUT2D eigenvalue weighted by Gasteiger charge is -2.27. The first-order chi connectivity index (χ1) is 9.28. The quantitative estimate of drug-likeness (QED) is 0.849. The van der Waals surface area contributed by atoms with Gasteiger partial charge < -0.3 is 10.1 Å². The van der Waals surface area contributed by atoms with E-state index in [2.05, 4.69) is 40.4 Å². The lowest BCUT2D eigenvalue weighted by molar-refractivity contribution is -0.00275. The molecule has 2 rings (SSSR count). The lowest BCUT2D eigenvalue weighted by Crippen LogP contribution is -2.33. The summed E-state index contributed by atoms with van der Waals surface area (Å²) in [5.41, 5.74) is 2.23. The van der Waals surface area contributed by atoms with Gasteiger partial charge in [-0.15, -0.1) is 0 Å². The van der Waals surface area contributed by atoms with Gasteiger partial charge in [-0.2, -0.15) is 0 Å². The van der Waals surface area contributed by atoms with Gasteiger partial charge in [-0.25, -0.2) is 0 Å². The third-order valence-electron chi connectivity index (χ3n) is 3.44. The molecule has 106 valence electrons. The Hall–Kier alpha value is -0.970. The van der Waals surface area contributed by atoms with Crippen molar-refractivity contribution in [2.45, 2.75) is 38.5 Å². The van der Waals surface area contributed by atoms with Crippen LogP contribution in [0.25, 0.3) is 0 Å². The van der Waals surface area contributed by atoms with Gasteiger partial charge in [0.15, 0.2) is 0 Å². The van der Waals surface area contributed by atoms with Crippen LogP contribution in [0.2, 0.25) is 0 Å². The van der Waals surface area contributed by atoms with Crippen molar-refractivity contribution < 1.29 is 4.74 Å². The van der Waals surface area contributed by atoms with Gasteiger partial charge in [-0.3, -0.25) is 9.88 Å². The van der Waals surface area contributed by atoms with E-state index in [9.17, 15) is 0 Å². The summed E-state index contributed by atoms with van der Waals surface area (Å²) in [7, 11) is 4.09. The topological polar surface area (TPSA) is 37.4 Å². The molecule has 1 unspecified atom stereocenters. The smallest absolute Gasteiger partial charge is 0.0702 e. The molecular formula is C15H25N3O. The maximum atomic E-state index is 5.78. The van der Waals surface area contributed by atoms with E-state index >= 15 is 0 Å². The standard InChI is InChI=1S/C15H25N3O/c1-16-10-13-6-5-7-14(17-13)11-18(2)12-15-8-3-4-9-19-15/h5-7,15-16H,3-4,8-12H2,1-2H3. The molecule has 1 aliphatic rings. The van der Waals surface area contributed by atoms with E-state index in [0.29, 0.717) is 6.10 Å². The molecule has 1 aromatic rings. The van der Waals surface area contributed by atoms with Crippen molar-refractivity contribution in [2.75, 3.05) is 27.2 Å². The Bertz CT molecular complexity index is 377. The summed E-state index contributed by atoms with van der Waals surface area (Å²) in [5, 5.41) is 3.13. The first kappa shape index (κ1) is 14.4. The number of nitrogens with zero attached hydrogens (tertiary/aromatic N) is 2. The number of pyridine rings is 1. The predicted octanol–water partition coefficient (Wildman–Crippen LogP) is 1.80. The van der Waals surface area contributed by atoms with Gasteiger partial charge in [0.1, 0.15) is 0 Å². The van der Waals surface area contributed by atoms with E-state index in [0.717, 1.165) is 37.6 Å². The average molecular weight is 263 g/mol. The second kappa shape index (κ2) is 7.58. The molecule has 2 heterocycles. The molecule has 0 aliphatic carbocycles. The van der Waals surface area contributed by atoms with Gasteiger partial charge in [-0.1, -0.05) is 6.07 Å². The van der Waals surface area contributed by atoms with Crippen molar-refractivity contribution in [3.05, 3.63) is 29.6 Å². The zero-order chi connectivity index (χ0) is 13.5. The second-order valence-corrected chi connectivity index (χ2v) is 5.34. The minimum atomic E-state index is 0.402. The normalized spacial score (nSPS) is 19.8. The van der Waals surface area contributed by atoms with Crippen molar-refractivity contribution in [2.24, 2.45) is 0 Å². The van der Waals surface area contributed by atoms with Crippen molar-refractivity contribution in [3.63, 3.8) is 0 Å². The van der Waals surface area contributed by atoms with Crippen LogP contribution in [0.1, 0.15) is 30.7 Å².